The zero-order valence-electron chi connectivity index (χ0n) is 40.4. The Morgan fingerprint density at radius 1 is 0.403 bits per heavy atom. The summed E-state index contributed by atoms with van der Waals surface area (Å²) in [6.07, 6.45) is 2.09. The number of ether oxygens (including phenoxy) is 4. The van der Waals surface area contributed by atoms with Crippen LogP contribution in [0.1, 0.15) is 139 Å². The molecule has 9 rings (SSSR count). The van der Waals surface area contributed by atoms with Crippen molar-refractivity contribution < 1.29 is 48.0 Å². The quantitative estimate of drug-likeness (QED) is 0.0505. The molecule has 0 aromatic heterocycles. The van der Waals surface area contributed by atoms with E-state index in [1.54, 1.807) is 72.8 Å². The third-order valence-corrected chi connectivity index (χ3v) is 12.8. The lowest BCUT2D eigenvalue weighted by Crippen LogP contribution is -2.30. The highest BCUT2D eigenvalue weighted by molar-refractivity contribution is 6.35. The number of nitro groups is 2. The summed E-state index contributed by atoms with van der Waals surface area (Å²) in [5.74, 6) is -0.764. The monoisotopic (exact) mass is 972 g/mol. The van der Waals surface area contributed by atoms with Gasteiger partial charge in [-0.15, -0.1) is 0 Å². The van der Waals surface area contributed by atoms with Gasteiger partial charge in [0.2, 0.25) is 0 Å². The molecule has 0 spiro atoms. The fourth-order valence-corrected chi connectivity index (χ4v) is 9.69. The van der Waals surface area contributed by atoms with Gasteiger partial charge in [-0.25, -0.2) is 9.80 Å². The maximum atomic E-state index is 14.3. The molecule has 0 saturated carbocycles. The lowest BCUT2D eigenvalue weighted by molar-refractivity contribution is -0.385. The molecular formula is C56H52N4O12. The van der Waals surface area contributed by atoms with E-state index < -0.39 is 33.5 Å². The van der Waals surface area contributed by atoms with Crippen LogP contribution in [-0.2, 0) is 25.7 Å². The molecule has 72 heavy (non-hydrogen) atoms. The van der Waals surface area contributed by atoms with Crippen LogP contribution in [0.4, 0.5) is 22.7 Å². The number of hydrogen-bond donors (Lipinski definition) is 0. The van der Waals surface area contributed by atoms with Crippen molar-refractivity contribution in [3.05, 3.63) is 184 Å². The Kier molecular flexibility index (Phi) is 13.9. The maximum Gasteiger partial charge on any atom is 0.270 e. The van der Waals surface area contributed by atoms with E-state index >= 15 is 0 Å². The fourth-order valence-electron chi connectivity index (χ4n) is 9.69. The van der Waals surface area contributed by atoms with Gasteiger partial charge in [-0.05, 0) is 74.2 Å². The van der Waals surface area contributed by atoms with Gasteiger partial charge in [-0.2, -0.15) is 0 Å². The van der Waals surface area contributed by atoms with E-state index in [1.165, 1.54) is 24.3 Å². The van der Waals surface area contributed by atoms with Gasteiger partial charge in [0.15, 0.2) is 0 Å². The third-order valence-electron chi connectivity index (χ3n) is 12.8. The first-order valence-corrected chi connectivity index (χ1v) is 24.2. The Labute approximate surface area is 415 Å². The number of hydrogen-bond acceptors (Lipinski definition) is 12. The second kappa shape index (κ2) is 20.5. The van der Waals surface area contributed by atoms with Crippen molar-refractivity contribution >= 4 is 46.4 Å². The lowest BCUT2D eigenvalue weighted by atomic mass is 9.90. The molecule has 0 radical (unpaired) electrons. The lowest BCUT2D eigenvalue weighted by Gasteiger charge is -2.25. The first kappa shape index (κ1) is 48.6. The fraction of sp³-hybridized carbons (Fsp3) is 0.286. The molecule has 3 aliphatic rings. The minimum Gasteiger partial charge on any atom is -0.493 e. The van der Waals surface area contributed by atoms with Crippen molar-refractivity contribution in [3.63, 3.8) is 0 Å². The standard InChI is InChI=1S/C56H52N4O12/c1-5-17-69-49-33-21-34-26-42(58-55(63)47-15-11-12-16-48(47)56(58)64)28-36(50(34)70-18-6-2)23-38-30-44(60(67)68)32-40(52(38)72-20-8-4)24-39-31-43(59(65)66)29-37(51(39)71-19-7-3)22-35(49)27-41(25-33)57-53(61)45-13-9-10-14-46(45)54(57)62/h9-16,25-32H,5-8,17-24H2,1-4H3. The summed E-state index contributed by atoms with van der Waals surface area (Å²) in [5.41, 5.74) is 4.21. The Hall–Kier alpha value is -8.40. The van der Waals surface area contributed by atoms with E-state index in [0.717, 1.165) is 9.80 Å². The average molecular weight is 973 g/mol. The minimum atomic E-state index is -0.542. The van der Waals surface area contributed by atoms with Gasteiger partial charge < -0.3 is 18.9 Å². The summed E-state index contributed by atoms with van der Waals surface area (Å²) in [7, 11) is 0. The predicted octanol–water partition coefficient (Wildman–Crippen LogP) is 10.9. The van der Waals surface area contributed by atoms with E-state index in [2.05, 4.69) is 0 Å². The van der Waals surface area contributed by atoms with Crippen LogP contribution in [-0.4, -0.2) is 59.9 Å². The summed E-state index contributed by atoms with van der Waals surface area (Å²) in [6, 6.07) is 25.5. The molecule has 1 aliphatic carbocycles. The van der Waals surface area contributed by atoms with Gasteiger partial charge in [0.05, 0.1) is 69.9 Å². The normalized spacial score (nSPS) is 13.8. The molecule has 16 nitrogen and oxygen atoms in total. The van der Waals surface area contributed by atoms with Gasteiger partial charge in [-0.1, -0.05) is 52.0 Å². The van der Waals surface area contributed by atoms with E-state index in [-0.39, 0.29) is 97.1 Å². The molecule has 0 atom stereocenters. The van der Waals surface area contributed by atoms with E-state index in [1.807, 2.05) is 27.7 Å². The molecule has 6 aromatic rings. The number of rotatable bonds is 16. The Morgan fingerprint density at radius 3 is 0.833 bits per heavy atom. The highest BCUT2D eigenvalue weighted by Gasteiger charge is 2.39. The van der Waals surface area contributed by atoms with Crippen LogP contribution < -0.4 is 28.7 Å². The Bertz CT molecular complexity index is 2940. The molecule has 4 amide bonds. The summed E-state index contributed by atoms with van der Waals surface area (Å²) >= 11 is 0. The zero-order chi connectivity index (χ0) is 50.8. The number of nitrogens with zero attached hydrogens (tertiary/aromatic N) is 4. The third kappa shape index (κ3) is 9.11. The van der Waals surface area contributed by atoms with Crippen LogP contribution in [0.15, 0.2) is 97.1 Å². The molecule has 2 heterocycles. The number of imide groups is 2. The number of benzene rings is 6. The van der Waals surface area contributed by atoms with Crippen LogP contribution in [0.2, 0.25) is 0 Å². The van der Waals surface area contributed by atoms with Crippen molar-refractivity contribution in [3.8, 4) is 23.0 Å². The Morgan fingerprint density at radius 2 is 0.625 bits per heavy atom. The van der Waals surface area contributed by atoms with Gasteiger partial charge >= 0.3 is 0 Å². The molecule has 16 heteroatoms. The summed E-state index contributed by atoms with van der Waals surface area (Å²) in [4.78, 5) is 84.1. The largest absolute Gasteiger partial charge is 0.493 e. The number of nitro benzene ring substituents is 2. The number of amides is 4. The average Bonchev–Trinajstić information content (AvgIpc) is 3.78. The van der Waals surface area contributed by atoms with Crippen LogP contribution in [0.3, 0.4) is 0 Å². The van der Waals surface area contributed by atoms with Crippen molar-refractivity contribution in [1.29, 1.82) is 0 Å². The van der Waals surface area contributed by atoms with Crippen LogP contribution in [0, 0.1) is 20.2 Å². The number of carbonyl (C=O) groups excluding carboxylic acids is 4. The first-order valence-electron chi connectivity index (χ1n) is 24.2. The molecule has 0 unspecified atom stereocenters. The number of anilines is 2. The summed E-state index contributed by atoms with van der Waals surface area (Å²) in [5, 5.41) is 25.7. The molecule has 0 fully saturated rings. The molecule has 6 aromatic carbocycles. The van der Waals surface area contributed by atoms with Crippen molar-refractivity contribution in [1.82, 2.24) is 0 Å². The summed E-state index contributed by atoms with van der Waals surface area (Å²) in [6.45, 7) is 8.66. The number of fused-ring (bicyclic) bond motifs is 10. The maximum absolute atomic E-state index is 14.3. The van der Waals surface area contributed by atoms with E-state index in [0.29, 0.717) is 93.2 Å². The van der Waals surface area contributed by atoms with Gasteiger partial charge in [0.1, 0.15) is 23.0 Å². The smallest absolute Gasteiger partial charge is 0.270 e. The number of non-ortho nitro benzene ring substituents is 2. The minimum absolute atomic E-state index is 0.0229. The second-order valence-electron chi connectivity index (χ2n) is 18.0. The number of carbonyl (C=O) groups is 4. The molecular weight excluding hydrogens is 921 g/mol. The molecule has 0 saturated heterocycles. The first-order chi connectivity index (χ1) is 34.8. The Balaban J connectivity index is 1.39. The zero-order valence-corrected chi connectivity index (χ0v) is 40.4. The second-order valence-corrected chi connectivity index (χ2v) is 18.0. The molecule has 2 aliphatic heterocycles. The molecule has 8 bridgehead atoms. The van der Waals surface area contributed by atoms with Crippen LogP contribution in [0.25, 0.3) is 0 Å². The van der Waals surface area contributed by atoms with Gasteiger partial charge in [-0.3, -0.25) is 39.4 Å². The predicted molar refractivity (Wildman–Crippen MR) is 269 cm³/mol. The van der Waals surface area contributed by atoms with E-state index in [4.69, 9.17) is 18.9 Å². The van der Waals surface area contributed by atoms with Crippen molar-refractivity contribution in [2.75, 3.05) is 36.2 Å². The highest BCUT2D eigenvalue weighted by Crippen LogP contribution is 2.45. The van der Waals surface area contributed by atoms with Crippen molar-refractivity contribution in [2.24, 2.45) is 0 Å². The summed E-state index contributed by atoms with van der Waals surface area (Å²) < 4.78 is 26.4. The molecule has 368 valence electrons. The van der Waals surface area contributed by atoms with Crippen LogP contribution in [0.5, 0.6) is 23.0 Å². The van der Waals surface area contributed by atoms with Crippen molar-refractivity contribution in [2.45, 2.75) is 79.1 Å². The van der Waals surface area contributed by atoms with Crippen LogP contribution >= 0.6 is 0 Å². The van der Waals surface area contributed by atoms with Gasteiger partial charge in [0, 0.05) is 94.5 Å². The highest BCUT2D eigenvalue weighted by atomic mass is 16.6. The SMILES string of the molecule is CCCOc1c2cc(N3C(=O)c4ccccc4C3=O)cc1Cc1cc([N+](=O)[O-])cc(c1OCCC)Cc1cc([N+](=O)[O-])cc(c1OCCC)Cc1cc(N3C(=O)c4ccccc4C3=O)cc(c1OCCC)C2. The van der Waals surface area contributed by atoms with E-state index in [9.17, 15) is 39.4 Å². The molecule has 0 N–H and O–H groups in total. The van der Waals surface area contributed by atoms with Gasteiger partial charge in [0.25, 0.3) is 35.0 Å². The topological polar surface area (TPSA) is 198 Å².